The van der Waals surface area contributed by atoms with Crippen LogP contribution < -0.4 is 15.5 Å². The second-order valence-electron chi connectivity index (χ2n) is 6.90. The van der Waals surface area contributed by atoms with Gasteiger partial charge < -0.3 is 15.5 Å². The number of hydrogen-bond acceptors (Lipinski definition) is 4. The van der Waals surface area contributed by atoms with E-state index >= 15 is 0 Å². The van der Waals surface area contributed by atoms with Crippen LogP contribution in [0.15, 0.2) is 41.8 Å². The largest absolute Gasteiger partial charge is 0.357 e. The van der Waals surface area contributed by atoms with E-state index in [0.717, 1.165) is 49.9 Å². The number of aliphatic imine (C=N–C) groups is 1. The summed E-state index contributed by atoms with van der Waals surface area (Å²) in [5.74, 6) is 1.91. The predicted octanol–water partition coefficient (Wildman–Crippen LogP) is 3.03. The van der Waals surface area contributed by atoms with Gasteiger partial charge in [-0.2, -0.15) is 5.10 Å². The van der Waals surface area contributed by atoms with E-state index in [-0.39, 0.29) is 24.0 Å². The van der Waals surface area contributed by atoms with Crippen LogP contribution in [0.25, 0.3) is 0 Å². The normalized spacial score (nSPS) is 14.9. The topological polar surface area (TPSA) is 70.4 Å². The number of aromatic nitrogens is 3. The molecule has 8 heteroatoms. The Bertz CT molecular complexity index is 677. The van der Waals surface area contributed by atoms with Crippen molar-refractivity contribution >= 4 is 35.8 Å². The van der Waals surface area contributed by atoms with Crippen molar-refractivity contribution in [3.8, 4) is 0 Å². The minimum atomic E-state index is 0. The molecule has 154 valence electrons. The maximum Gasteiger partial charge on any atom is 0.191 e. The lowest BCUT2D eigenvalue weighted by Crippen LogP contribution is -2.37. The first-order chi connectivity index (χ1) is 13.3. The average molecular weight is 497 g/mol. The highest BCUT2D eigenvalue weighted by atomic mass is 127. The fourth-order valence-electron chi connectivity index (χ4n) is 3.30. The Morgan fingerprint density at radius 1 is 1.14 bits per heavy atom. The van der Waals surface area contributed by atoms with Gasteiger partial charge in [0, 0.05) is 58.4 Å². The van der Waals surface area contributed by atoms with Gasteiger partial charge in [0.05, 0.1) is 0 Å². The third kappa shape index (κ3) is 7.29. The monoisotopic (exact) mass is 497 g/mol. The highest BCUT2D eigenvalue weighted by Gasteiger charge is 2.10. The van der Waals surface area contributed by atoms with Gasteiger partial charge in [0.15, 0.2) is 5.96 Å². The van der Waals surface area contributed by atoms with Gasteiger partial charge in [0.25, 0.3) is 0 Å². The average Bonchev–Trinajstić information content (AvgIpc) is 3.08. The van der Waals surface area contributed by atoms with Crippen molar-refractivity contribution in [2.24, 2.45) is 4.99 Å². The van der Waals surface area contributed by atoms with Crippen LogP contribution >= 0.6 is 24.0 Å². The summed E-state index contributed by atoms with van der Waals surface area (Å²) in [5.41, 5.74) is 1.16. The Morgan fingerprint density at radius 3 is 2.61 bits per heavy atom. The minimum absolute atomic E-state index is 0. The summed E-state index contributed by atoms with van der Waals surface area (Å²) >= 11 is 0. The Balaban J connectivity index is 0.00000280. The van der Waals surface area contributed by atoms with Crippen LogP contribution in [0.2, 0.25) is 0 Å². The Hall–Kier alpha value is -1.84. The maximum atomic E-state index is 4.67. The predicted molar refractivity (Wildman–Crippen MR) is 125 cm³/mol. The zero-order valence-corrected chi connectivity index (χ0v) is 19.0. The fraction of sp³-hybridized carbons (Fsp3) is 0.550. The van der Waals surface area contributed by atoms with E-state index in [2.05, 4.69) is 42.7 Å². The molecule has 0 radical (unpaired) electrons. The molecule has 1 aliphatic heterocycles. The minimum Gasteiger partial charge on any atom is -0.357 e. The van der Waals surface area contributed by atoms with E-state index < -0.39 is 0 Å². The van der Waals surface area contributed by atoms with Crippen LogP contribution in [0, 0.1) is 0 Å². The molecule has 0 bridgehead atoms. The maximum absolute atomic E-state index is 4.67. The van der Waals surface area contributed by atoms with Crippen molar-refractivity contribution in [3.05, 3.63) is 42.4 Å². The summed E-state index contributed by atoms with van der Waals surface area (Å²) in [6, 6.07) is 6.24. The third-order valence-electron chi connectivity index (χ3n) is 4.84. The van der Waals surface area contributed by atoms with Crippen molar-refractivity contribution in [3.63, 3.8) is 0 Å². The van der Waals surface area contributed by atoms with Crippen molar-refractivity contribution < 1.29 is 0 Å². The summed E-state index contributed by atoms with van der Waals surface area (Å²) in [5, 5.41) is 10.9. The van der Waals surface area contributed by atoms with E-state index in [9.17, 15) is 0 Å². The van der Waals surface area contributed by atoms with Crippen LogP contribution in [0.5, 0.6) is 0 Å². The lowest BCUT2D eigenvalue weighted by molar-refractivity contribution is 0.570. The molecule has 1 saturated heterocycles. The number of rotatable bonds is 7. The number of hydrogen-bond donors (Lipinski definition) is 2. The van der Waals surface area contributed by atoms with Crippen molar-refractivity contribution in [1.29, 1.82) is 0 Å². The van der Waals surface area contributed by atoms with E-state index in [1.165, 1.54) is 25.7 Å². The van der Waals surface area contributed by atoms with Crippen LogP contribution in [0.1, 0.15) is 37.7 Å². The Kier molecular flexibility index (Phi) is 10.1. The third-order valence-corrected chi connectivity index (χ3v) is 4.84. The second kappa shape index (κ2) is 12.6. The van der Waals surface area contributed by atoms with E-state index in [1.807, 2.05) is 23.1 Å². The van der Waals surface area contributed by atoms with Crippen molar-refractivity contribution in [2.75, 3.05) is 31.6 Å². The SMILES string of the molecule is CN=C(NCCCn1cccn1)NCc1ccc(N2CCCCCC2)nc1.I. The lowest BCUT2D eigenvalue weighted by atomic mass is 10.2. The van der Waals surface area contributed by atoms with Gasteiger partial charge in [-0.05, 0) is 37.0 Å². The lowest BCUT2D eigenvalue weighted by Gasteiger charge is -2.21. The van der Waals surface area contributed by atoms with E-state index in [1.54, 1.807) is 13.2 Å². The molecule has 2 N–H and O–H groups in total. The summed E-state index contributed by atoms with van der Waals surface area (Å²) in [4.78, 5) is 11.4. The molecule has 0 unspecified atom stereocenters. The summed E-state index contributed by atoms with van der Waals surface area (Å²) in [6.07, 6.45) is 12.0. The van der Waals surface area contributed by atoms with Crippen LogP contribution in [0.3, 0.4) is 0 Å². The molecule has 0 saturated carbocycles. The molecule has 1 aliphatic rings. The van der Waals surface area contributed by atoms with Crippen molar-refractivity contribution in [1.82, 2.24) is 25.4 Å². The standard InChI is InChI=1S/C20H31N7.HI/c1-21-20(22-10-6-14-27-15-7-11-25-27)24-17-18-8-9-19(23-16-18)26-12-4-2-3-5-13-26;/h7-9,11,15-16H,2-6,10,12-14,17H2,1H3,(H2,21,22,24);1H. The highest BCUT2D eigenvalue weighted by molar-refractivity contribution is 14.0. The molecular weight excluding hydrogens is 465 g/mol. The Morgan fingerprint density at radius 2 is 1.96 bits per heavy atom. The van der Waals surface area contributed by atoms with Gasteiger partial charge in [0.1, 0.15) is 5.82 Å². The van der Waals surface area contributed by atoms with Crippen LogP contribution in [0.4, 0.5) is 5.82 Å². The zero-order valence-electron chi connectivity index (χ0n) is 16.7. The zero-order chi connectivity index (χ0) is 18.7. The van der Waals surface area contributed by atoms with Gasteiger partial charge in [-0.3, -0.25) is 9.67 Å². The number of nitrogens with one attached hydrogen (secondary N) is 2. The van der Waals surface area contributed by atoms with Gasteiger partial charge in [-0.25, -0.2) is 4.98 Å². The molecule has 0 atom stereocenters. The number of halogens is 1. The van der Waals surface area contributed by atoms with E-state index in [4.69, 9.17) is 0 Å². The molecule has 1 fully saturated rings. The van der Waals surface area contributed by atoms with Crippen LogP contribution in [-0.4, -0.2) is 47.4 Å². The molecule has 28 heavy (non-hydrogen) atoms. The van der Waals surface area contributed by atoms with Gasteiger partial charge in [0.2, 0.25) is 0 Å². The highest BCUT2D eigenvalue weighted by Crippen LogP contribution is 2.17. The first-order valence-corrected chi connectivity index (χ1v) is 9.97. The summed E-state index contributed by atoms with van der Waals surface area (Å²) in [7, 11) is 1.80. The van der Waals surface area contributed by atoms with Gasteiger partial charge >= 0.3 is 0 Å². The molecule has 0 spiro atoms. The van der Waals surface area contributed by atoms with Crippen molar-refractivity contribution in [2.45, 2.75) is 45.2 Å². The summed E-state index contributed by atoms with van der Waals surface area (Å²) < 4.78 is 1.94. The number of pyridine rings is 1. The Labute approximate surface area is 185 Å². The van der Waals surface area contributed by atoms with Crippen LogP contribution in [-0.2, 0) is 13.1 Å². The first-order valence-electron chi connectivity index (χ1n) is 9.97. The quantitative estimate of drug-likeness (QED) is 0.267. The second-order valence-corrected chi connectivity index (χ2v) is 6.90. The summed E-state index contributed by atoms with van der Waals surface area (Å²) in [6.45, 7) is 4.72. The van der Waals surface area contributed by atoms with Gasteiger partial charge in [-0.1, -0.05) is 18.9 Å². The molecule has 0 amide bonds. The van der Waals surface area contributed by atoms with E-state index in [0.29, 0.717) is 6.54 Å². The molecule has 3 heterocycles. The number of anilines is 1. The fourth-order valence-corrected chi connectivity index (χ4v) is 3.30. The smallest absolute Gasteiger partial charge is 0.191 e. The number of guanidine groups is 1. The molecule has 0 aromatic carbocycles. The molecule has 0 aliphatic carbocycles. The molecule has 7 nitrogen and oxygen atoms in total. The molecular formula is C20H32IN7. The molecule has 2 aromatic rings. The molecule has 3 rings (SSSR count). The number of nitrogens with zero attached hydrogens (tertiary/aromatic N) is 5. The van der Waals surface area contributed by atoms with Gasteiger partial charge in [-0.15, -0.1) is 24.0 Å². The first kappa shape index (κ1) is 22.4. The number of aryl methyl sites for hydroxylation is 1. The molecule has 2 aromatic heterocycles.